The van der Waals surface area contributed by atoms with Gasteiger partial charge in [0.25, 0.3) is 5.91 Å². The summed E-state index contributed by atoms with van der Waals surface area (Å²) in [6, 6.07) is 2.83. The number of aromatic nitrogens is 3. The number of hydrogen-bond acceptors (Lipinski definition) is 8. The predicted molar refractivity (Wildman–Crippen MR) is 117 cm³/mol. The van der Waals surface area contributed by atoms with Crippen molar-refractivity contribution >= 4 is 45.7 Å². The minimum atomic E-state index is -0.661. The van der Waals surface area contributed by atoms with Gasteiger partial charge in [-0.2, -0.15) is 5.10 Å². The molecule has 1 fully saturated rings. The smallest absolute Gasteiger partial charge is 0.266 e. The van der Waals surface area contributed by atoms with Gasteiger partial charge in [0.05, 0.1) is 12.0 Å². The molecule has 1 aliphatic rings. The summed E-state index contributed by atoms with van der Waals surface area (Å²) >= 11 is 6.34. The van der Waals surface area contributed by atoms with Gasteiger partial charge in [-0.1, -0.05) is 24.0 Å². The fourth-order valence-electron chi connectivity index (χ4n) is 2.69. The lowest BCUT2D eigenvalue weighted by Gasteiger charge is -2.17. The number of likely N-dealkylation sites (N-methyl/N-ethyl adjacent to an activating group) is 1. The van der Waals surface area contributed by atoms with E-state index in [0.29, 0.717) is 21.9 Å². The van der Waals surface area contributed by atoms with Crippen molar-refractivity contribution in [3.05, 3.63) is 40.6 Å². The third-order valence-electron chi connectivity index (χ3n) is 4.46. The molecule has 0 radical (unpaired) electrons. The Labute approximate surface area is 187 Å². The van der Waals surface area contributed by atoms with E-state index < -0.39 is 11.7 Å². The van der Waals surface area contributed by atoms with E-state index in [0.717, 1.165) is 11.8 Å². The van der Waals surface area contributed by atoms with Gasteiger partial charge >= 0.3 is 0 Å². The average Bonchev–Trinajstić information content (AvgIpc) is 3.35. The van der Waals surface area contributed by atoms with Crippen LogP contribution in [0.2, 0.25) is 0 Å². The van der Waals surface area contributed by atoms with Crippen molar-refractivity contribution in [1.82, 2.24) is 25.0 Å². The molecule has 2 amide bonds. The molecule has 1 N–H and O–H groups in total. The van der Waals surface area contributed by atoms with Gasteiger partial charge in [-0.3, -0.25) is 19.6 Å². The zero-order valence-electron chi connectivity index (χ0n) is 17.3. The highest BCUT2D eigenvalue weighted by Crippen LogP contribution is 2.40. The SMILES string of the molecule is COc1cc(/C(C)=C2\SC(=S)N(CC(=O)N(C)C)C2=O)cc(F)c1OCc1ncn[nH]1. The van der Waals surface area contributed by atoms with Gasteiger partial charge in [0.2, 0.25) is 5.91 Å². The molecule has 2 aromatic rings. The van der Waals surface area contributed by atoms with E-state index in [9.17, 15) is 14.0 Å². The Balaban J connectivity index is 1.88. The predicted octanol–water partition coefficient (Wildman–Crippen LogP) is 2.21. The molecule has 2 heterocycles. The normalized spacial score (nSPS) is 15.3. The van der Waals surface area contributed by atoms with Crippen molar-refractivity contribution in [2.24, 2.45) is 0 Å². The Hall–Kier alpha value is -2.99. The van der Waals surface area contributed by atoms with Gasteiger partial charge in [-0.25, -0.2) is 9.37 Å². The molecule has 1 aliphatic heterocycles. The third-order valence-corrected chi connectivity index (χ3v) is 6.01. The summed E-state index contributed by atoms with van der Waals surface area (Å²) in [7, 11) is 4.59. The standard InChI is InChI=1S/C19H20FN5O4S2/c1-10(17-18(27)25(19(30)31-17)7-15(26)24(2)3)11-5-12(20)16(13(6-11)28-4)29-8-14-21-9-22-23-14/h5-6,9H,7-8H2,1-4H3,(H,21,22,23)/b17-10-. The monoisotopic (exact) mass is 465 g/mol. The van der Waals surface area contributed by atoms with Crippen LogP contribution in [0.25, 0.3) is 5.57 Å². The number of thiocarbonyl (C=S) groups is 1. The largest absolute Gasteiger partial charge is 0.493 e. The van der Waals surface area contributed by atoms with E-state index in [-0.39, 0.29) is 34.9 Å². The number of carbonyl (C=O) groups is 2. The third kappa shape index (κ3) is 4.85. The maximum atomic E-state index is 14.8. The summed E-state index contributed by atoms with van der Waals surface area (Å²) in [5.41, 5.74) is 0.942. The second-order valence-corrected chi connectivity index (χ2v) is 8.36. The number of carbonyl (C=O) groups excluding carboxylic acids is 2. The van der Waals surface area contributed by atoms with Crippen molar-refractivity contribution in [2.45, 2.75) is 13.5 Å². The number of ether oxygens (including phenoxy) is 2. The maximum absolute atomic E-state index is 14.8. The first-order valence-electron chi connectivity index (χ1n) is 9.02. The Morgan fingerprint density at radius 1 is 1.39 bits per heavy atom. The number of thioether (sulfide) groups is 1. The zero-order valence-corrected chi connectivity index (χ0v) is 18.9. The molecule has 31 heavy (non-hydrogen) atoms. The summed E-state index contributed by atoms with van der Waals surface area (Å²) in [5, 5.41) is 6.33. The molecule has 3 rings (SSSR count). The summed E-state index contributed by atoms with van der Waals surface area (Å²) in [6.07, 6.45) is 1.32. The summed E-state index contributed by atoms with van der Waals surface area (Å²) in [6.45, 7) is 1.51. The highest BCUT2D eigenvalue weighted by atomic mass is 32.2. The lowest BCUT2D eigenvalue weighted by molar-refractivity contribution is -0.133. The van der Waals surface area contributed by atoms with Crippen LogP contribution in [0.1, 0.15) is 18.3 Å². The minimum Gasteiger partial charge on any atom is -0.493 e. The summed E-state index contributed by atoms with van der Waals surface area (Å²) in [5.74, 6) is -0.806. The van der Waals surface area contributed by atoms with Crippen LogP contribution in [-0.2, 0) is 16.2 Å². The molecule has 0 unspecified atom stereocenters. The van der Waals surface area contributed by atoms with Gasteiger partial charge in [-0.15, -0.1) is 0 Å². The van der Waals surface area contributed by atoms with E-state index in [1.54, 1.807) is 27.1 Å². The average molecular weight is 466 g/mol. The number of hydrogen-bond donors (Lipinski definition) is 1. The lowest BCUT2D eigenvalue weighted by Crippen LogP contribution is -2.38. The highest BCUT2D eigenvalue weighted by Gasteiger charge is 2.35. The van der Waals surface area contributed by atoms with E-state index >= 15 is 0 Å². The molecular formula is C19H20FN5O4S2. The fraction of sp³-hybridized carbons (Fsp3) is 0.316. The Morgan fingerprint density at radius 3 is 2.74 bits per heavy atom. The van der Waals surface area contributed by atoms with E-state index in [1.807, 2.05) is 0 Å². The van der Waals surface area contributed by atoms with Crippen LogP contribution < -0.4 is 9.47 Å². The van der Waals surface area contributed by atoms with Crippen LogP contribution in [0.4, 0.5) is 4.39 Å². The Morgan fingerprint density at radius 2 is 2.13 bits per heavy atom. The molecule has 0 bridgehead atoms. The highest BCUT2D eigenvalue weighted by molar-refractivity contribution is 8.26. The number of halogens is 1. The molecule has 0 saturated carbocycles. The van der Waals surface area contributed by atoms with E-state index in [4.69, 9.17) is 21.7 Å². The number of amides is 2. The molecule has 164 valence electrons. The first-order valence-corrected chi connectivity index (χ1v) is 10.2. The van der Waals surface area contributed by atoms with Gasteiger partial charge in [-0.05, 0) is 30.2 Å². The number of H-pyrrole nitrogens is 1. The van der Waals surface area contributed by atoms with Crippen molar-refractivity contribution < 1.29 is 23.5 Å². The van der Waals surface area contributed by atoms with Crippen LogP contribution >= 0.6 is 24.0 Å². The van der Waals surface area contributed by atoms with Gasteiger partial charge in [0.15, 0.2) is 23.1 Å². The molecule has 0 aliphatic carbocycles. The van der Waals surface area contributed by atoms with Crippen LogP contribution in [0.3, 0.4) is 0 Å². The van der Waals surface area contributed by atoms with E-state index in [1.165, 1.54) is 29.3 Å². The Bertz CT molecular complexity index is 1060. The number of allylic oxidation sites excluding steroid dienone is 1. The molecule has 1 aromatic heterocycles. The number of rotatable bonds is 7. The van der Waals surface area contributed by atoms with Gasteiger partial charge < -0.3 is 14.4 Å². The van der Waals surface area contributed by atoms with Crippen molar-refractivity contribution in [3.63, 3.8) is 0 Å². The lowest BCUT2D eigenvalue weighted by atomic mass is 10.1. The molecule has 1 saturated heterocycles. The van der Waals surface area contributed by atoms with Crippen molar-refractivity contribution in [2.75, 3.05) is 27.7 Å². The molecule has 9 nitrogen and oxygen atoms in total. The van der Waals surface area contributed by atoms with Gasteiger partial charge in [0, 0.05) is 14.1 Å². The summed E-state index contributed by atoms with van der Waals surface area (Å²) in [4.78, 5) is 31.7. The quantitative estimate of drug-likeness (QED) is 0.491. The number of benzene rings is 1. The topological polar surface area (TPSA) is 101 Å². The van der Waals surface area contributed by atoms with Gasteiger partial charge in [0.1, 0.15) is 23.8 Å². The summed E-state index contributed by atoms with van der Waals surface area (Å²) < 4.78 is 25.9. The maximum Gasteiger partial charge on any atom is 0.266 e. The number of nitrogens with zero attached hydrogens (tertiary/aromatic N) is 4. The molecular weight excluding hydrogens is 445 g/mol. The minimum absolute atomic E-state index is 0.0236. The number of aromatic amines is 1. The van der Waals surface area contributed by atoms with Crippen LogP contribution in [-0.4, -0.2) is 68.9 Å². The van der Waals surface area contributed by atoms with Crippen LogP contribution in [0.5, 0.6) is 11.5 Å². The van der Waals surface area contributed by atoms with Crippen LogP contribution in [0, 0.1) is 5.82 Å². The van der Waals surface area contributed by atoms with E-state index in [2.05, 4.69) is 15.2 Å². The zero-order chi connectivity index (χ0) is 22.7. The Kier molecular flexibility index (Phi) is 6.91. The number of nitrogens with one attached hydrogen (secondary N) is 1. The first kappa shape index (κ1) is 22.7. The fourth-order valence-corrected chi connectivity index (χ4v) is 3.99. The molecule has 0 spiro atoms. The second kappa shape index (κ2) is 9.43. The molecule has 0 atom stereocenters. The first-order chi connectivity index (χ1) is 14.7. The molecule has 1 aromatic carbocycles. The van der Waals surface area contributed by atoms with Crippen molar-refractivity contribution in [1.29, 1.82) is 0 Å². The van der Waals surface area contributed by atoms with Crippen LogP contribution in [0.15, 0.2) is 23.4 Å². The van der Waals surface area contributed by atoms with Crippen molar-refractivity contribution in [3.8, 4) is 11.5 Å². The molecule has 12 heteroatoms. The second-order valence-electron chi connectivity index (χ2n) is 6.71. The number of methoxy groups -OCH3 is 1.